The fraction of sp³-hybridized carbons (Fsp3) is 1.00. The summed E-state index contributed by atoms with van der Waals surface area (Å²) in [5.74, 6) is -2.40. The van der Waals surface area contributed by atoms with Gasteiger partial charge in [-0.1, -0.05) is 26.2 Å². The Morgan fingerprint density at radius 1 is 1.29 bits per heavy atom. The van der Waals surface area contributed by atoms with Gasteiger partial charge in [0.1, 0.15) is 0 Å². The monoisotopic (exact) mass is 205 g/mol. The molecule has 3 heteroatoms. The van der Waals surface area contributed by atoms with Gasteiger partial charge < -0.3 is 5.32 Å². The molecule has 1 fully saturated rings. The molecule has 0 saturated heterocycles. The largest absolute Gasteiger partial charge is 0.314 e. The summed E-state index contributed by atoms with van der Waals surface area (Å²) in [5, 5.41) is 3.22. The maximum Gasteiger partial charge on any atom is 0.249 e. The van der Waals surface area contributed by atoms with Gasteiger partial charge in [-0.3, -0.25) is 0 Å². The summed E-state index contributed by atoms with van der Waals surface area (Å²) in [7, 11) is 0. The molecule has 1 nitrogen and oxygen atoms in total. The predicted molar refractivity (Wildman–Crippen MR) is 54.7 cm³/mol. The van der Waals surface area contributed by atoms with Crippen molar-refractivity contribution in [2.24, 2.45) is 0 Å². The highest BCUT2D eigenvalue weighted by molar-refractivity contribution is 4.85. The minimum atomic E-state index is -2.40. The molecule has 1 aliphatic rings. The van der Waals surface area contributed by atoms with Gasteiger partial charge in [-0.25, -0.2) is 8.78 Å². The van der Waals surface area contributed by atoms with Crippen molar-refractivity contribution in [3.8, 4) is 0 Å². The minimum Gasteiger partial charge on any atom is -0.314 e. The van der Waals surface area contributed by atoms with Crippen molar-refractivity contribution in [2.75, 3.05) is 6.54 Å². The Morgan fingerprint density at radius 2 is 2.07 bits per heavy atom. The molecule has 0 aromatic heterocycles. The van der Waals surface area contributed by atoms with E-state index >= 15 is 0 Å². The number of nitrogens with one attached hydrogen (secondary N) is 1. The predicted octanol–water partition coefficient (Wildman–Crippen LogP) is 3.34. The zero-order valence-electron chi connectivity index (χ0n) is 8.99. The minimum absolute atomic E-state index is 0.0424. The van der Waals surface area contributed by atoms with E-state index in [0.717, 1.165) is 13.0 Å². The molecule has 0 radical (unpaired) electrons. The Hall–Kier alpha value is -0.180. The van der Waals surface area contributed by atoms with E-state index in [1.54, 1.807) is 0 Å². The van der Waals surface area contributed by atoms with Gasteiger partial charge in [0, 0.05) is 18.9 Å². The molecular weight excluding hydrogens is 184 g/mol. The zero-order valence-corrected chi connectivity index (χ0v) is 8.99. The van der Waals surface area contributed by atoms with Crippen molar-refractivity contribution in [3.05, 3.63) is 0 Å². The van der Waals surface area contributed by atoms with E-state index in [1.807, 2.05) is 0 Å². The Labute approximate surface area is 85.3 Å². The van der Waals surface area contributed by atoms with Crippen LogP contribution in [-0.2, 0) is 0 Å². The van der Waals surface area contributed by atoms with Crippen LogP contribution in [0, 0.1) is 0 Å². The number of halogens is 2. The summed E-state index contributed by atoms with van der Waals surface area (Å²) in [6.07, 6.45) is 5.56. The number of rotatable bonds is 6. The highest BCUT2D eigenvalue weighted by Gasteiger charge is 2.38. The van der Waals surface area contributed by atoms with Gasteiger partial charge in [0.25, 0.3) is 0 Å². The fourth-order valence-electron chi connectivity index (χ4n) is 1.98. The standard InChI is InChI=1S/C11H21F2N/c1-2-3-4-5-8-14-10-6-7-11(12,13)9-10/h10,14H,2-9H2,1H3. The van der Waals surface area contributed by atoms with Crippen LogP contribution in [0.2, 0.25) is 0 Å². The quantitative estimate of drug-likeness (QED) is 0.656. The van der Waals surface area contributed by atoms with Crippen LogP contribution in [0.25, 0.3) is 0 Å². The van der Waals surface area contributed by atoms with E-state index in [1.165, 1.54) is 19.3 Å². The van der Waals surface area contributed by atoms with Crippen LogP contribution < -0.4 is 5.32 Å². The highest BCUT2D eigenvalue weighted by atomic mass is 19.3. The summed E-state index contributed by atoms with van der Waals surface area (Å²) in [6, 6.07) is 0.0617. The average Bonchev–Trinajstić information content (AvgIpc) is 2.45. The average molecular weight is 205 g/mol. The molecular formula is C11H21F2N. The molecule has 1 atom stereocenters. The number of alkyl halides is 2. The lowest BCUT2D eigenvalue weighted by atomic mass is 10.2. The zero-order chi connectivity index (χ0) is 10.4. The SMILES string of the molecule is CCCCCCNC1CCC(F)(F)C1. The van der Waals surface area contributed by atoms with Gasteiger partial charge in [0.05, 0.1) is 0 Å². The normalized spacial score (nSPS) is 25.5. The van der Waals surface area contributed by atoms with Crippen molar-refractivity contribution in [1.29, 1.82) is 0 Å². The number of hydrogen-bond acceptors (Lipinski definition) is 1. The van der Waals surface area contributed by atoms with Crippen molar-refractivity contribution in [3.63, 3.8) is 0 Å². The molecule has 0 heterocycles. The molecule has 0 aliphatic heterocycles. The molecule has 0 aromatic rings. The van der Waals surface area contributed by atoms with E-state index in [9.17, 15) is 8.78 Å². The second-order valence-corrected chi connectivity index (χ2v) is 4.31. The smallest absolute Gasteiger partial charge is 0.249 e. The molecule has 1 saturated carbocycles. The van der Waals surface area contributed by atoms with Gasteiger partial charge in [-0.15, -0.1) is 0 Å². The van der Waals surface area contributed by atoms with Gasteiger partial charge in [0.15, 0.2) is 0 Å². The van der Waals surface area contributed by atoms with E-state index in [-0.39, 0.29) is 18.9 Å². The summed E-state index contributed by atoms with van der Waals surface area (Å²) in [5.41, 5.74) is 0. The van der Waals surface area contributed by atoms with Gasteiger partial charge in [0.2, 0.25) is 5.92 Å². The van der Waals surface area contributed by atoms with E-state index < -0.39 is 5.92 Å². The number of hydrogen-bond donors (Lipinski definition) is 1. The Morgan fingerprint density at radius 3 is 2.64 bits per heavy atom. The molecule has 84 valence electrons. The van der Waals surface area contributed by atoms with Gasteiger partial charge >= 0.3 is 0 Å². The fourth-order valence-corrected chi connectivity index (χ4v) is 1.98. The molecule has 1 rings (SSSR count). The van der Waals surface area contributed by atoms with Crippen LogP contribution in [-0.4, -0.2) is 18.5 Å². The van der Waals surface area contributed by atoms with Crippen LogP contribution in [0.4, 0.5) is 8.78 Å². The second kappa shape index (κ2) is 5.64. The molecule has 1 N–H and O–H groups in total. The first-order valence-corrected chi connectivity index (χ1v) is 5.75. The van der Waals surface area contributed by atoms with Gasteiger partial charge in [-0.05, 0) is 19.4 Å². The summed E-state index contributed by atoms with van der Waals surface area (Å²) in [4.78, 5) is 0. The summed E-state index contributed by atoms with van der Waals surface area (Å²) in [6.45, 7) is 3.08. The first-order valence-electron chi connectivity index (χ1n) is 5.75. The summed E-state index contributed by atoms with van der Waals surface area (Å²) < 4.78 is 25.6. The van der Waals surface area contributed by atoms with Crippen LogP contribution >= 0.6 is 0 Å². The Bertz CT molecular complexity index is 159. The van der Waals surface area contributed by atoms with Crippen molar-refractivity contribution in [1.82, 2.24) is 5.32 Å². The lowest BCUT2D eigenvalue weighted by molar-refractivity contribution is 0.00694. The molecule has 1 unspecified atom stereocenters. The molecule has 0 bridgehead atoms. The van der Waals surface area contributed by atoms with E-state index in [2.05, 4.69) is 12.2 Å². The first kappa shape index (κ1) is 11.9. The molecule has 1 aliphatic carbocycles. The van der Waals surface area contributed by atoms with Crippen LogP contribution in [0.3, 0.4) is 0 Å². The van der Waals surface area contributed by atoms with Crippen LogP contribution in [0.15, 0.2) is 0 Å². The maximum absolute atomic E-state index is 12.8. The highest BCUT2D eigenvalue weighted by Crippen LogP contribution is 2.34. The first-order chi connectivity index (χ1) is 6.64. The number of unbranched alkanes of at least 4 members (excludes halogenated alkanes) is 3. The summed E-state index contributed by atoms with van der Waals surface area (Å²) >= 11 is 0. The molecule has 0 amide bonds. The third-order valence-electron chi connectivity index (χ3n) is 2.87. The maximum atomic E-state index is 12.8. The lowest BCUT2D eigenvalue weighted by Gasteiger charge is -2.12. The van der Waals surface area contributed by atoms with Crippen LogP contribution in [0.1, 0.15) is 51.9 Å². The topological polar surface area (TPSA) is 12.0 Å². The van der Waals surface area contributed by atoms with E-state index in [0.29, 0.717) is 6.42 Å². The molecule has 14 heavy (non-hydrogen) atoms. The Kier molecular flexibility index (Phi) is 4.79. The second-order valence-electron chi connectivity index (χ2n) is 4.31. The van der Waals surface area contributed by atoms with E-state index in [4.69, 9.17) is 0 Å². The molecule has 0 spiro atoms. The third kappa shape index (κ3) is 4.36. The van der Waals surface area contributed by atoms with Crippen molar-refractivity contribution >= 4 is 0 Å². The Balaban J connectivity index is 1.98. The lowest BCUT2D eigenvalue weighted by Crippen LogP contribution is -2.28. The van der Waals surface area contributed by atoms with Crippen molar-refractivity contribution < 1.29 is 8.78 Å². The molecule has 0 aromatic carbocycles. The van der Waals surface area contributed by atoms with Crippen LogP contribution in [0.5, 0.6) is 0 Å². The third-order valence-corrected chi connectivity index (χ3v) is 2.87. The van der Waals surface area contributed by atoms with Gasteiger partial charge in [-0.2, -0.15) is 0 Å². The van der Waals surface area contributed by atoms with Crippen molar-refractivity contribution in [2.45, 2.75) is 63.8 Å².